The minimum atomic E-state index is -0.627. The maximum atomic E-state index is 13.3. The number of carbonyl (C=O) groups is 2. The zero-order valence-corrected chi connectivity index (χ0v) is 19.6. The molecule has 1 aliphatic carbocycles. The summed E-state index contributed by atoms with van der Waals surface area (Å²) >= 11 is 0. The Kier molecular flexibility index (Phi) is 6.57. The lowest BCUT2D eigenvalue weighted by Gasteiger charge is -2.32. The largest absolute Gasteiger partial charge is 0.339 e. The van der Waals surface area contributed by atoms with Crippen LogP contribution in [-0.2, 0) is 11.8 Å². The van der Waals surface area contributed by atoms with E-state index in [4.69, 9.17) is 0 Å². The highest BCUT2D eigenvalue weighted by Gasteiger charge is 2.33. The van der Waals surface area contributed by atoms with Gasteiger partial charge in [0.15, 0.2) is 0 Å². The molecule has 9 nitrogen and oxygen atoms in total. The Morgan fingerprint density at radius 1 is 1.15 bits per heavy atom. The van der Waals surface area contributed by atoms with Gasteiger partial charge in [0, 0.05) is 24.5 Å². The first-order valence-corrected chi connectivity index (χ1v) is 11.4. The molecule has 0 unspecified atom stereocenters. The van der Waals surface area contributed by atoms with Gasteiger partial charge in [-0.25, -0.2) is 0 Å². The van der Waals surface area contributed by atoms with Crippen LogP contribution in [0.2, 0.25) is 0 Å². The van der Waals surface area contributed by atoms with Gasteiger partial charge in [-0.1, -0.05) is 19.8 Å². The number of aromatic amines is 1. The number of hydrogen-bond acceptors (Lipinski definition) is 5. The third kappa shape index (κ3) is 4.97. The van der Waals surface area contributed by atoms with Crippen molar-refractivity contribution in [2.75, 3.05) is 5.32 Å². The number of aryl methyl sites for hydroxylation is 3. The number of carbonyl (C=O) groups excluding carboxylic acids is 2. The summed E-state index contributed by atoms with van der Waals surface area (Å²) in [6.45, 7) is 6.11. The number of pyridine rings is 1. The molecule has 33 heavy (non-hydrogen) atoms. The summed E-state index contributed by atoms with van der Waals surface area (Å²) in [7, 11) is 1.71. The van der Waals surface area contributed by atoms with Crippen molar-refractivity contribution in [2.45, 2.75) is 52.5 Å². The number of aromatic nitrogens is 5. The molecule has 0 radical (unpaired) electrons. The maximum absolute atomic E-state index is 13.3. The van der Waals surface area contributed by atoms with Crippen molar-refractivity contribution in [3.8, 4) is 11.3 Å². The van der Waals surface area contributed by atoms with E-state index < -0.39 is 6.04 Å². The number of anilines is 1. The summed E-state index contributed by atoms with van der Waals surface area (Å²) in [6, 6.07) is 4.72. The lowest BCUT2D eigenvalue weighted by Crippen LogP contribution is -2.49. The predicted molar refractivity (Wildman–Crippen MR) is 126 cm³/mol. The summed E-state index contributed by atoms with van der Waals surface area (Å²) < 4.78 is 1.51. The van der Waals surface area contributed by atoms with Crippen LogP contribution in [0.15, 0.2) is 30.6 Å². The van der Waals surface area contributed by atoms with E-state index in [-0.39, 0.29) is 17.7 Å². The van der Waals surface area contributed by atoms with E-state index >= 15 is 0 Å². The Morgan fingerprint density at radius 3 is 2.48 bits per heavy atom. The van der Waals surface area contributed by atoms with Gasteiger partial charge < -0.3 is 10.6 Å². The van der Waals surface area contributed by atoms with Crippen molar-refractivity contribution >= 4 is 17.5 Å². The predicted octanol–water partition coefficient (Wildman–Crippen LogP) is 3.39. The Bertz CT molecular complexity index is 1100. The number of nitrogens with one attached hydrogen (secondary N) is 3. The number of H-pyrrole nitrogens is 1. The zero-order chi connectivity index (χ0) is 23.5. The van der Waals surface area contributed by atoms with Crippen LogP contribution in [0.1, 0.15) is 54.5 Å². The van der Waals surface area contributed by atoms with Crippen molar-refractivity contribution < 1.29 is 9.59 Å². The highest BCUT2D eigenvalue weighted by atomic mass is 16.2. The van der Waals surface area contributed by atoms with E-state index in [2.05, 4.69) is 37.8 Å². The number of hydrogen-bond donors (Lipinski definition) is 3. The summed E-state index contributed by atoms with van der Waals surface area (Å²) in [6.07, 6.45) is 7.12. The van der Waals surface area contributed by atoms with Crippen molar-refractivity contribution in [1.82, 2.24) is 30.3 Å². The van der Waals surface area contributed by atoms with Gasteiger partial charge in [0.1, 0.15) is 11.7 Å². The van der Waals surface area contributed by atoms with Crippen LogP contribution in [0.5, 0.6) is 0 Å². The second-order valence-corrected chi connectivity index (χ2v) is 9.04. The van der Waals surface area contributed by atoms with Crippen molar-refractivity contribution in [3.63, 3.8) is 0 Å². The molecule has 0 bridgehead atoms. The minimum absolute atomic E-state index is 0.0850. The molecule has 9 heteroatoms. The number of amides is 2. The van der Waals surface area contributed by atoms with Gasteiger partial charge in [-0.05, 0) is 56.7 Å². The molecule has 3 N–H and O–H groups in total. The molecule has 3 aromatic rings. The minimum Gasteiger partial charge on any atom is -0.339 e. The molecule has 3 heterocycles. The van der Waals surface area contributed by atoms with Gasteiger partial charge in [0.25, 0.3) is 5.91 Å². The SMILES string of the molecule is Cc1n[nH]c(C)c1-c1ccc(NC(=O)[C@@H](NC(=O)c2ccnn2C)[C@H]2CC[C@H](C)CC2)cn1. The molecule has 1 fully saturated rings. The van der Waals surface area contributed by atoms with E-state index in [1.54, 1.807) is 25.5 Å². The first-order valence-electron chi connectivity index (χ1n) is 11.4. The normalized spacial score (nSPS) is 19.2. The first-order chi connectivity index (χ1) is 15.8. The molecule has 0 spiro atoms. The lowest BCUT2D eigenvalue weighted by molar-refractivity contribution is -0.119. The maximum Gasteiger partial charge on any atom is 0.270 e. The van der Waals surface area contributed by atoms with Crippen LogP contribution in [0.25, 0.3) is 11.3 Å². The molecule has 4 rings (SSSR count). The molecule has 2 amide bonds. The molecule has 1 aliphatic rings. The Balaban J connectivity index is 1.51. The van der Waals surface area contributed by atoms with Crippen molar-refractivity contribution in [3.05, 3.63) is 47.7 Å². The highest BCUT2D eigenvalue weighted by molar-refractivity contribution is 6.00. The van der Waals surface area contributed by atoms with Crippen LogP contribution >= 0.6 is 0 Å². The topological polar surface area (TPSA) is 118 Å². The fraction of sp³-hybridized carbons (Fsp3) is 0.458. The molecule has 174 valence electrons. The van der Waals surface area contributed by atoms with Crippen LogP contribution in [0.3, 0.4) is 0 Å². The van der Waals surface area contributed by atoms with Gasteiger partial charge in [-0.3, -0.25) is 24.4 Å². The monoisotopic (exact) mass is 449 g/mol. The number of rotatable bonds is 6. The fourth-order valence-electron chi connectivity index (χ4n) is 4.59. The zero-order valence-electron chi connectivity index (χ0n) is 19.6. The van der Waals surface area contributed by atoms with Gasteiger partial charge in [0.05, 0.1) is 23.3 Å². The standard InChI is InChI=1S/C24H31N7O2/c1-14-5-7-17(8-6-14)22(28-23(32)20-11-12-26-31(20)4)24(33)27-18-9-10-19(25-13-18)21-15(2)29-30-16(21)3/h9-14,17,22H,5-8H2,1-4H3,(H,27,33)(H,28,32)(H,29,30)/t14-,17-,22-/m0/s1. The fourth-order valence-corrected chi connectivity index (χ4v) is 4.59. The number of nitrogens with zero attached hydrogens (tertiary/aromatic N) is 4. The van der Waals surface area contributed by atoms with Crippen molar-refractivity contribution in [1.29, 1.82) is 0 Å². The molecule has 0 saturated heterocycles. The van der Waals surface area contributed by atoms with Gasteiger partial charge in [-0.2, -0.15) is 10.2 Å². The van der Waals surface area contributed by atoms with E-state index in [1.165, 1.54) is 4.68 Å². The van der Waals surface area contributed by atoms with E-state index in [0.717, 1.165) is 48.3 Å². The Labute approximate surface area is 193 Å². The third-order valence-electron chi connectivity index (χ3n) is 6.57. The highest BCUT2D eigenvalue weighted by Crippen LogP contribution is 2.31. The van der Waals surface area contributed by atoms with Crippen LogP contribution < -0.4 is 10.6 Å². The smallest absolute Gasteiger partial charge is 0.270 e. The Morgan fingerprint density at radius 2 is 1.91 bits per heavy atom. The van der Waals surface area contributed by atoms with E-state index in [9.17, 15) is 9.59 Å². The average molecular weight is 450 g/mol. The summed E-state index contributed by atoms with van der Waals surface area (Å²) in [5.41, 5.74) is 4.59. The Hall–Kier alpha value is -3.49. The van der Waals surface area contributed by atoms with Crippen LogP contribution in [-0.4, -0.2) is 42.8 Å². The second kappa shape index (κ2) is 9.56. The summed E-state index contributed by atoms with van der Waals surface area (Å²) in [5.74, 6) is 0.203. The second-order valence-electron chi connectivity index (χ2n) is 9.04. The third-order valence-corrected chi connectivity index (χ3v) is 6.57. The van der Waals surface area contributed by atoms with Crippen LogP contribution in [0, 0.1) is 25.7 Å². The summed E-state index contributed by atoms with van der Waals surface area (Å²) in [5, 5.41) is 17.2. The molecule has 0 aromatic carbocycles. The van der Waals surface area contributed by atoms with Crippen LogP contribution in [0.4, 0.5) is 5.69 Å². The summed E-state index contributed by atoms with van der Waals surface area (Å²) in [4.78, 5) is 30.7. The molecular formula is C24H31N7O2. The lowest BCUT2D eigenvalue weighted by atomic mass is 9.79. The molecule has 1 saturated carbocycles. The van der Waals surface area contributed by atoms with Crippen molar-refractivity contribution in [2.24, 2.45) is 18.9 Å². The quantitative estimate of drug-likeness (QED) is 0.533. The first kappa shape index (κ1) is 22.7. The average Bonchev–Trinajstić information content (AvgIpc) is 3.38. The molecular weight excluding hydrogens is 418 g/mol. The van der Waals surface area contributed by atoms with Gasteiger partial charge in [-0.15, -0.1) is 0 Å². The molecule has 1 atom stereocenters. The van der Waals surface area contributed by atoms with Gasteiger partial charge >= 0.3 is 0 Å². The molecule has 0 aliphatic heterocycles. The van der Waals surface area contributed by atoms with E-state index in [0.29, 0.717) is 17.3 Å². The van der Waals surface area contributed by atoms with Gasteiger partial charge in [0.2, 0.25) is 5.91 Å². The van der Waals surface area contributed by atoms with E-state index in [1.807, 2.05) is 26.0 Å². The molecule has 3 aromatic heterocycles.